The summed E-state index contributed by atoms with van der Waals surface area (Å²) in [5.41, 5.74) is 0.822. The molecule has 0 saturated heterocycles. The predicted octanol–water partition coefficient (Wildman–Crippen LogP) is 8.90. The first-order valence-electron chi connectivity index (χ1n) is 11.9. The van der Waals surface area contributed by atoms with E-state index in [0.717, 1.165) is 48.8 Å². The van der Waals surface area contributed by atoms with E-state index >= 15 is 0 Å². The molecule has 6 heteroatoms. The minimum absolute atomic E-state index is 0.0596. The molecule has 0 radical (unpaired) electrons. The lowest BCUT2D eigenvalue weighted by molar-refractivity contribution is -0.275. The maximum Gasteiger partial charge on any atom is 0.573 e. The van der Waals surface area contributed by atoms with Gasteiger partial charge in [-0.1, -0.05) is 45.1 Å². The van der Waals surface area contributed by atoms with Crippen molar-refractivity contribution in [2.24, 2.45) is 17.8 Å². The van der Waals surface area contributed by atoms with Crippen LogP contribution in [0.25, 0.3) is 10.8 Å². The van der Waals surface area contributed by atoms with Gasteiger partial charge in [0.25, 0.3) is 0 Å². The third-order valence-electron chi connectivity index (χ3n) is 7.61. The molecule has 0 N–H and O–H groups in total. The summed E-state index contributed by atoms with van der Waals surface area (Å²) in [7, 11) is 0. The van der Waals surface area contributed by atoms with Gasteiger partial charge in [0.2, 0.25) is 0 Å². The Labute approximate surface area is 186 Å². The average Bonchev–Trinajstić information content (AvgIpc) is 2.73. The van der Waals surface area contributed by atoms with Crippen LogP contribution in [0, 0.1) is 29.4 Å². The van der Waals surface area contributed by atoms with Gasteiger partial charge in [-0.05, 0) is 84.9 Å². The molecule has 0 amide bonds. The highest BCUT2D eigenvalue weighted by Crippen LogP contribution is 2.49. The van der Waals surface area contributed by atoms with Gasteiger partial charge in [0.05, 0.1) is 0 Å². The molecular weight excluding hydrogens is 423 g/mol. The first-order chi connectivity index (χ1) is 15.2. The maximum absolute atomic E-state index is 14.8. The molecule has 2 unspecified atom stereocenters. The molecule has 4 atom stereocenters. The van der Waals surface area contributed by atoms with Gasteiger partial charge in [0, 0.05) is 5.39 Å². The summed E-state index contributed by atoms with van der Waals surface area (Å²) in [6.07, 6.45) is 7.11. The zero-order chi connectivity index (χ0) is 22.9. The Kier molecular flexibility index (Phi) is 6.97. The summed E-state index contributed by atoms with van der Waals surface area (Å²) in [5, 5.41) is 0.212. The zero-order valence-electron chi connectivity index (χ0n) is 18.5. The fourth-order valence-corrected chi connectivity index (χ4v) is 6.01. The monoisotopic (exact) mass is 454 g/mol. The van der Waals surface area contributed by atoms with Gasteiger partial charge in [0.1, 0.15) is 5.82 Å². The van der Waals surface area contributed by atoms with Crippen molar-refractivity contribution in [1.29, 1.82) is 0 Å². The first kappa shape index (κ1) is 23.3. The Morgan fingerprint density at radius 2 is 1.62 bits per heavy atom. The second-order valence-corrected chi connectivity index (χ2v) is 9.76. The molecule has 2 fully saturated rings. The molecular formula is C26H31F5O. The van der Waals surface area contributed by atoms with Crippen LogP contribution < -0.4 is 4.74 Å². The van der Waals surface area contributed by atoms with Crippen molar-refractivity contribution in [3.05, 3.63) is 41.5 Å². The molecule has 0 bridgehead atoms. The highest BCUT2D eigenvalue weighted by Gasteiger charge is 2.36. The Morgan fingerprint density at radius 3 is 2.38 bits per heavy atom. The second-order valence-electron chi connectivity index (χ2n) is 9.76. The van der Waals surface area contributed by atoms with Gasteiger partial charge in [-0.2, -0.15) is 0 Å². The normalized spacial score (nSPS) is 26.2. The number of hydrogen-bond donors (Lipinski definition) is 0. The lowest BCUT2D eigenvalue weighted by atomic mass is 9.63. The standard InChI is InChI=1S/C26H31F5O/c1-2-3-4-5-16-6-7-18-11-19(9-8-17(18)10-16)20-12-21-14-24(28)25(32-26(29,30)31)15-22(21)23(27)13-20/h12-19H,2-11H2,1H3/t16-,17?,18-,19?/m1/s1. The third kappa shape index (κ3) is 5.37. The molecule has 2 aliphatic rings. The quantitative estimate of drug-likeness (QED) is 0.313. The van der Waals surface area contributed by atoms with E-state index in [9.17, 15) is 22.0 Å². The van der Waals surface area contributed by atoms with E-state index in [1.54, 1.807) is 6.07 Å². The van der Waals surface area contributed by atoms with E-state index < -0.39 is 23.7 Å². The lowest BCUT2D eigenvalue weighted by Crippen LogP contribution is -2.30. The summed E-state index contributed by atoms with van der Waals surface area (Å²) in [6, 6.07) is 4.89. The van der Waals surface area contributed by atoms with Gasteiger partial charge in [-0.3, -0.25) is 0 Å². The van der Waals surface area contributed by atoms with Crippen LogP contribution in [0.3, 0.4) is 0 Å². The summed E-state index contributed by atoms with van der Waals surface area (Å²) < 4.78 is 70.1. The SMILES string of the molecule is CCCCC[C@@H]1CC[C@@H]2CC(c3cc(F)c4cc(OC(F)(F)F)c(F)cc4c3)CCC2C1. The van der Waals surface area contributed by atoms with Crippen molar-refractivity contribution in [2.45, 2.75) is 83.4 Å². The van der Waals surface area contributed by atoms with Crippen LogP contribution >= 0.6 is 0 Å². The number of fused-ring (bicyclic) bond motifs is 2. The van der Waals surface area contributed by atoms with Gasteiger partial charge < -0.3 is 4.74 Å². The number of hydrogen-bond acceptors (Lipinski definition) is 1. The molecule has 2 aromatic rings. The summed E-state index contributed by atoms with van der Waals surface area (Å²) in [4.78, 5) is 0. The van der Waals surface area contributed by atoms with E-state index in [1.807, 2.05) is 0 Å². The zero-order valence-corrected chi connectivity index (χ0v) is 18.5. The van der Waals surface area contributed by atoms with E-state index in [0.29, 0.717) is 5.92 Å². The Balaban J connectivity index is 1.47. The maximum atomic E-state index is 14.8. The summed E-state index contributed by atoms with van der Waals surface area (Å²) >= 11 is 0. The topological polar surface area (TPSA) is 9.23 Å². The second kappa shape index (κ2) is 9.56. The van der Waals surface area contributed by atoms with Crippen molar-refractivity contribution < 1.29 is 26.7 Å². The van der Waals surface area contributed by atoms with E-state index in [4.69, 9.17) is 0 Å². The molecule has 4 rings (SSSR count). The van der Waals surface area contributed by atoms with Crippen molar-refractivity contribution >= 4 is 10.8 Å². The minimum Gasteiger partial charge on any atom is -0.403 e. The largest absolute Gasteiger partial charge is 0.573 e. The number of rotatable bonds is 6. The molecule has 0 spiro atoms. The summed E-state index contributed by atoms with van der Waals surface area (Å²) in [6.45, 7) is 2.23. The van der Waals surface area contributed by atoms with Crippen LogP contribution in [0.5, 0.6) is 5.75 Å². The molecule has 0 heterocycles. The van der Waals surface area contributed by atoms with Crippen molar-refractivity contribution in [1.82, 2.24) is 0 Å². The number of ether oxygens (including phenoxy) is 1. The Hall–Kier alpha value is -1.85. The van der Waals surface area contributed by atoms with Crippen molar-refractivity contribution in [3.8, 4) is 5.75 Å². The molecule has 32 heavy (non-hydrogen) atoms. The molecule has 1 nitrogen and oxygen atoms in total. The molecule has 0 aromatic heterocycles. The average molecular weight is 455 g/mol. The fraction of sp³-hybridized carbons (Fsp3) is 0.615. The van der Waals surface area contributed by atoms with Crippen LogP contribution in [0.15, 0.2) is 24.3 Å². The highest BCUT2D eigenvalue weighted by molar-refractivity contribution is 5.85. The lowest BCUT2D eigenvalue weighted by Gasteiger charge is -2.42. The molecule has 0 aliphatic heterocycles. The highest BCUT2D eigenvalue weighted by atomic mass is 19.4. The van der Waals surface area contributed by atoms with Gasteiger partial charge in [0.15, 0.2) is 11.6 Å². The molecule has 2 aliphatic carbocycles. The van der Waals surface area contributed by atoms with Crippen LogP contribution in [0.2, 0.25) is 0 Å². The van der Waals surface area contributed by atoms with E-state index in [-0.39, 0.29) is 16.7 Å². The minimum atomic E-state index is -5.03. The molecule has 2 aromatic carbocycles. The summed E-state index contributed by atoms with van der Waals surface area (Å²) in [5.74, 6) is -0.337. The van der Waals surface area contributed by atoms with Crippen molar-refractivity contribution in [3.63, 3.8) is 0 Å². The van der Waals surface area contributed by atoms with E-state index in [2.05, 4.69) is 11.7 Å². The Bertz CT molecular complexity index is 938. The molecule has 2 saturated carbocycles. The first-order valence-corrected chi connectivity index (χ1v) is 11.9. The van der Waals surface area contributed by atoms with Crippen LogP contribution in [-0.4, -0.2) is 6.36 Å². The number of alkyl halides is 3. The molecule has 176 valence electrons. The van der Waals surface area contributed by atoms with Crippen LogP contribution in [0.4, 0.5) is 22.0 Å². The predicted molar refractivity (Wildman–Crippen MR) is 116 cm³/mol. The van der Waals surface area contributed by atoms with Crippen LogP contribution in [-0.2, 0) is 0 Å². The van der Waals surface area contributed by atoms with Gasteiger partial charge >= 0.3 is 6.36 Å². The smallest absolute Gasteiger partial charge is 0.403 e. The van der Waals surface area contributed by atoms with Crippen LogP contribution in [0.1, 0.15) is 82.6 Å². The fourth-order valence-electron chi connectivity index (χ4n) is 6.01. The van der Waals surface area contributed by atoms with E-state index in [1.165, 1.54) is 51.0 Å². The number of benzene rings is 2. The number of halogens is 5. The third-order valence-corrected chi connectivity index (χ3v) is 7.61. The van der Waals surface area contributed by atoms with Gasteiger partial charge in [-0.15, -0.1) is 13.2 Å². The van der Waals surface area contributed by atoms with Gasteiger partial charge in [-0.25, -0.2) is 8.78 Å². The Morgan fingerprint density at radius 1 is 0.875 bits per heavy atom. The van der Waals surface area contributed by atoms with Crippen molar-refractivity contribution in [2.75, 3.05) is 0 Å². The number of unbranched alkanes of at least 4 members (excludes halogenated alkanes) is 2.